The molecule has 0 saturated heterocycles. The van der Waals surface area contributed by atoms with E-state index in [1.807, 2.05) is 0 Å². The highest BCUT2D eigenvalue weighted by atomic mass is 14.7. The third-order valence-corrected chi connectivity index (χ3v) is 4.63. The van der Waals surface area contributed by atoms with Crippen molar-refractivity contribution in [2.75, 3.05) is 0 Å². The van der Waals surface area contributed by atoms with Crippen molar-refractivity contribution in [3.63, 3.8) is 0 Å². The summed E-state index contributed by atoms with van der Waals surface area (Å²) in [5.41, 5.74) is 6.29. The van der Waals surface area contributed by atoms with E-state index < -0.39 is 0 Å². The van der Waals surface area contributed by atoms with Gasteiger partial charge in [-0.3, -0.25) is 0 Å². The summed E-state index contributed by atoms with van der Waals surface area (Å²) in [6, 6.07) is 25.1. The standard InChI is InChI=1S/C12H9N.C10H11N/c1-3-7-11-9(5-1)10-6-2-4-8-12(10)13-11;1-7-8(2)11-10-6-4-3-5-9(7)10/h1-8,13H;3-6,11H,1-2H3. The second kappa shape index (κ2) is 5.89. The molecular weight excluding hydrogens is 292 g/mol. The number of hydrogen-bond acceptors (Lipinski definition) is 0. The van der Waals surface area contributed by atoms with Crippen LogP contribution in [-0.4, -0.2) is 9.97 Å². The summed E-state index contributed by atoms with van der Waals surface area (Å²) >= 11 is 0. The van der Waals surface area contributed by atoms with E-state index in [0.29, 0.717) is 0 Å². The Hall–Kier alpha value is -3.00. The maximum atomic E-state index is 3.38. The highest BCUT2D eigenvalue weighted by Crippen LogP contribution is 2.24. The Bertz CT molecular complexity index is 1080. The largest absolute Gasteiger partial charge is 0.358 e. The number of aryl methyl sites for hydroxylation is 2. The van der Waals surface area contributed by atoms with Gasteiger partial charge in [0, 0.05) is 38.4 Å². The third-order valence-electron chi connectivity index (χ3n) is 4.63. The highest BCUT2D eigenvalue weighted by molar-refractivity contribution is 6.06. The molecule has 0 saturated carbocycles. The van der Waals surface area contributed by atoms with E-state index in [1.54, 1.807) is 0 Å². The number of rotatable bonds is 0. The van der Waals surface area contributed by atoms with Crippen LogP contribution in [0.2, 0.25) is 0 Å². The van der Waals surface area contributed by atoms with Crippen molar-refractivity contribution in [3.05, 3.63) is 84.1 Å². The van der Waals surface area contributed by atoms with Gasteiger partial charge in [0.2, 0.25) is 0 Å². The zero-order valence-corrected chi connectivity index (χ0v) is 13.9. The zero-order valence-electron chi connectivity index (χ0n) is 13.9. The zero-order chi connectivity index (χ0) is 16.5. The molecule has 0 aliphatic rings. The van der Waals surface area contributed by atoms with Gasteiger partial charge in [0.1, 0.15) is 0 Å². The molecule has 5 aromatic rings. The SMILES string of the molecule is Cc1[nH]c2ccccc2c1C.c1ccc2c(c1)[nH]c1ccccc12. The van der Waals surface area contributed by atoms with Crippen LogP contribution in [-0.2, 0) is 0 Å². The van der Waals surface area contributed by atoms with Crippen molar-refractivity contribution >= 4 is 32.7 Å². The summed E-state index contributed by atoms with van der Waals surface area (Å²) < 4.78 is 0. The number of aromatic amines is 2. The Morgan fingerprint density at radius 3 is 1.42 bits per heavy atom. The fraction of sp³-hybridized carbons (Fsp3) is 0.0909. The monoisotopic (exact) mass is 312 g/mol. The molecule has 0 radical (unpaired) electrons. The normalized spacial score (nSPS) is 10.9. The second-order valence-electron chi connectivity index (χ2n) is 6.14. The molecule has 0 fully saturated rings. The molecule has 0 aliphatic carbocycles. The van der Waals surface area contributed by atoms with Crippen molar-refractivity contribution in [2.45, 2.75) is 13.8 Å². The quantitative estimate of drug-likeness (QED) is 0.346. The van der Waals surface area contributed by atoms with Crippen molar-refractivity contribution in [1.29, 1.82) is 0 Å². The van der Waals surface area contributed by atoms with E-state index in [4.69, 9.17) is 0 Å². The fourth-order valence-corrected chi connectivity index (χ4v) is 3.22. The van der Waals surface area contributed by atoms with Crippen LogP contribution in [0.25, 0.3) is 32.7 Å². The van der Waals surface area contributed by atoms with E-state index >= 15 is 0 Å². The molecule has 0 unspecified atom stereocenters. The first kappa shape index (κ1) is 14.6. The molecule has 2 heteroatoms. The lowest BCUT2D eigenvalue weighted by atomic mass is 10.2. The summed E-state index contributed by atoms with van der Waals surface area (Å²) in [7, 11) is 0. The van der Waals surface area contributed by atoms with Gasteiger partial charge in [0.15, 0.2) is 0 Å². The maximum Gasteiger partial charge on any atom is 0.0464 e. The molecule has 118 valence electrons. The molecule has 5 rings (SSSR count). The summed E-state index contributed by atoms with van der Waals surface area (Å²) in [6.45, 7) is 4.25. The van der Waals surface area contributed by atoms with Gasteiger partial charge in [-0.05, 0) is 37.6 Å². The Morgan fingerprint density at radius 1 is 0.500 bits per heavy atom. The highest BCUT2D eigenvalue weighted by Gasteiger charge is 2.01. The van der Waals surface area contributed by atoms with Crippen LogP contribution in [0.4, 0.5) is 0 Å². The molecule has 0 aliphatic heterocycles. The van der Waals surface area contributed by atoms with Crippen molar-refractivity contribution in [3.8, 4) is 0 Å². The van der Waals surface area contributed by atoms with Gasteiger partial charge in [0.25, 0.3) is 0 Å². The van der Waals surface area contributed by atoms with E-state index in [9.17, 15) is 0 Å². The average Bonchev–Trinajstić information content (AvgIpc) is 3.14. The number of benzene rings is 3. The molecule has 2 N–H and O–H groups in total. The molecule has 0 bridgehead atoms. The molecular formula is C22H20N2. The predicted molar refractivity (Wildman–Crippen MR) is 104 cm³/mol. The minimum atomic E-state index is 1.21. The number of fused-ring (bicyclic) bond motifs is 4. The van der Waals surface area contributed by atoms with Crippen molar-refractivity contribution in [1.82, 2.24) is 9.97 Å². The summed E-state index contributed by atoms with van der Waals surface area (Å²) in [5.74, 6) is 0. The second-order valence-corrected chi connectivity index (χ2v) is 6.14. The maximum absolute atomic E-state index is 3.38. The summed E-state index contributed by atoms with van der Waals surface area (Å²) in [6.07, 6.45) is 0. The van der Waals surface area contributed by atoms with Crippen LogP contribution in [0, 0.1) is 13.8 Å². The van der Waals surface area contributed by atoms with E-state index in [2.05, 4.69) is 96.6 Å². The first-order chi connectivity index (χ1) is 11.7. The molecule has 24 heavy (non-hydrogen) atoms. The third kappa shape index (κ3) is 2.46. The minimum Gasteiger partial charge on any atom is -0.358 e. The Balaban J connectivity index is 0.000000123. The molecule has 2 aromatic heterocycles. The van der Waals surface area contributed by atoms with Gasteiger partial charge >= 0.3 is 0 Å². The van der Waals surface area contributed by atoms with E-state index in [-0.39, 0.29) is 0 Å². The molecule has 0 amide bonds. The Labute approximate surface area is 141 Å². The van der Waals surface area contributed by atoms with Gasteiger partial charge in [-0.1, -0.05) is 54.6 Å². The van der Waals surface area contributed by atoms with E-state index in [0.717, 1.165) is 0 Å². The van der Waals surface area contributed by atoms with Gasteiger partial charge < -0.3 is 9.97 Å². The fourth-order valence-electron chi connectivity index (χ4n) is 3.22. The van der Waals surface area contributed by atoms with Crippen LogP contribution >= 0.6 is 0 Å². The predicted octanol–water partition coefficient (Wildman–Crippen LogP) is 6.11. The minimum absolute atomic E-state index is 1.21. The first-order valence-electron chi connectivity index (χ1n) is 8.23. The Morgan fingerprint density at radius 2 is 0.917 bits per heavy atom. The van der Waals surface area contributed by atoms with Gasteiger partial charge in [0.05, 0.1) is 0 Å². The topological polar surface area (TPSA) is 31.6 Å². The molecule has 3 aromatic carbocycles. The lowest BCUT2D eigenvalue weighted by Gasteiger charge is -1.87. The van der Waals surface area contributed by atoms with Crippen LogP contribution in [0.3, 0.4) is 0 Å². The van der Waals surface area contributed by atoms with Crippen molar-refractivity contribution in [2.24, 2.45) is 0 Å². The van der Waals surface area contributed by atoms with Gasteiger partial charge in [-0.2, -0.15) is 0 Å². The van der Waals surface area contributed by atoms with Crippen LogP contribution < -0.4 is 0 Å². The summed E-state index contributed by atoms with van der Waals surface area (Å²) in [5, 5.41) is 3.95. The molecule has 2 nitrogen and oxygen atoms in total. The van der Waals surface area contributed by atoms with Crippen molar-refractivity contribution < 1.29 is 0 Å². The molecule has 0 spiro atoms. The number of hydrogen-bond donors (Lipinski definition) is 2. The smallest absolute Gasteiger partial charge is 0.0464 e. The lowest BCUT2D eigenvalue weighted by molar-refractivity contribution is 1.25. The number of para-hydroxylation sites is 3. The number of aromatic nitrogens is 2. The molecule has 2 heterocycles. The van der Waals surface area contributed by atoms with Crippen LogP contribution in [0.15, 0.2) is 72.8 Å². The molecule has 0 atom stereocenters. The van der Waals surface area contributed by atoms with Crippen LogP contribution in [0.1, 0.15) is 11.3 Å². The number of H-pyrrole nitrogens is 2. The van der Waals surface area contributed by atoms with Gasteiger partial charge in [-0.15, -0.1) is 0 Å². The first-order valence-corrected chi connectivity index (χ1v) is 8.23. The van der Waals surface area contributed by atoms with E-state index in [1.165, 1.54) is 44.0 Å². The average molecular weight is 312 g/mol. The number of nitrogens with one attached hydrogen (secondary N) is 2. The summed E-state index contributed by atoms with van der Waals surface area (Å²) in [4.78, 5) is 6.70. The lowest BCUT2D eigenvalue weighted by Crippen LogP contribution is -1.70. The Kier molecular flexibility index (Phi) is 3.58. The van der Waals surface area contributed by atoms with Gasteiger partial charge in [-0.25, -0.2) is 0 Å². The van der Waals surface area contributed by atoms with Crippen LogP contribution in [0.5, 0.6) is 0 Å².